The lowest BCUT2D eigenvalue weighted by molar-refractivity contribution is -0.131. The molecule has 0 unspecified atom stereocenters. The van der Waals surface area contributed by atoms with E-state index < -0.39 is 5.97 Å². The molecule has 2 rings (SSSR count). The summed E-state index contributed by atoms with van der Waals surface area (Å²) < 4.78 is 1.11. The Labute approximate surface area is 130 Å². The largest absolute Gasteiger partial charge is 0.478 e. The molecule has 0 aliphatic carbocycles. The average Bonchev–Trinajstić information content (AvgIpc) is 2.82. The second kappa shape index (κ2) is 6.72. The van der Waals surface area contributed by atoms with Crippen LogP contribution in [0.5, 0.6) is 0 Å². The van der Waals surface area contributed by atoms with E-state index in [2.05, 4.69) is 32.3 Å². The van der Waals surface area contributed by atoms with Crippen LogP contribution in [0.25, 0.3) is 6.08 Å². The second-order valence-corrected chi connectivity index (χ2v) is 6.26. The van der Waals surface area contributed by atoms with E-state index in [9.17, 15) is 4.79 Å². The number of rotatable bonds is 5. The van der Waals surface area contributed by atoms with E-state index in [-0.39, 0.29) is 0 Å². The molecule has 0 saturated carbocycles. The number of anilines is 1. The molecular formula is C15H14BrNO2S. The summed E-state index contributed by atoms with van der Waals surface area (Å²) >= 11 is 5.18. The van der Waals surface area contributed by atoms with Crippen molar-refractivity contribution < 1.29 is 9.90 Å². The van der Waals surface area contributed by atoms with Gasteiger partial charge in [-0.2, -0.15) is 0 Å². The highest BCUT2D eigenvalue weighted by atomic mass is 79.9. The minimum absolute atomic E-state index is 0.848. The molecule has 0 fully saturated rings. The van der Waals surface area contributed by atoms with Gasteiger partial charge in [0.25, 0.3) is 0 Å². The normalized spacial score (nSPS) is 10.9. The predicted molar refractivity (Wildman–Crippen MR) is 87.2 cm³/mol. The zero-order valence-electron chi connectivity index (χ0n) is 10.9. The van der Waals surface area contributed by atoms with E-state index in [1.54, 1.807) is 17.4 Å². The third-order valence-corrected chi connectivity index (χ3v) is 4.45. The molecule has 1 aromatic carbocycles. The highest BCUT2D eigenvalue weighted by molar-refractivity contribution is 9.10. The van der Waals surface area contributed by atoms with Gasteiger partial charge in [-0.15, -0.1) is 11.3 Å². The predicted octanol–water partition coefficient (Wildman–Crippen LogP) is 4.24. The van der Waals surface area contributed by atoms with Gasteiger partial charge in [0.05, 0.1) is 6.54 Å². The SMILES string of the molecule is CN(Cc1cc(Br)cs1)c1ccc(C=CC(=O)O)cc1. The first-order valence-electron chi connectivity index (χ1n) is 6.00. The van der Waals surface area contributed by atoms with Crippen LogP contribution in [0.4, 0.5) is 5.69 Å². The number of thiophene rings is 1. The van der Waals surface area contributed by atoms with Crippen molar-refractivity contribution >= 4 is 45.0 Å². The fourth-order valence-corrected chi connectivity index (χ4v) is 3.27. The summed E-state index contributed by atoms with van der Waals surface area (Å²) in [6, 6.07) is 9.92. The molecular weight excluding hydrogens is 338 g/mol. The van der Waals surface area contributed by atoms with E-state index in [0.29, 0.717) is 0 Å². The van der Waals surface area contributed by atoms with Gasteiger partial charge in [0.1, 0.15) is 0 Å². The summed E-state index contributed by atoms with van der Waals surface area (Å²) in [5.74, 6) is -0.936. The third kappa shape index (κ3) is 4.21. The summed E-state index contributed by atoms with van der Waals surface area (Å²) in [6.07, 6.45) is 2.73. The Hall–Kier alpha value is -1.59. The summed E-state index contributed by atoms with van der Waals surface area (Å²) in [6.45, 7) is 0.848. The van der Waals surface area contributed by atoms with Gasteiger partial charge in [0.15, 0.2) is 0 Å². The van der Waals surface area contributed by atoms with Gasteiger partial charge in [0.2, 0.25) is 0 Å². The van der Waals surface area contributed by atoms with Gasteiger partial charge in [-0.05, 0) is 45.8 Å². The van der Waals surface area contributed by atoms with Crippen LogP contribution in [0.15, 0.2) is 46.3 Å². The van der Waals surface area contributed by atoms with Gasteiger partial charge in [-0.3, -0.25) is 0 Å². The van der Waals surface area contributed by atoms with Gasteiger partial charge in [0, 0.05) is 33.5 Å². The molecule has 1 heterocycles. The zero-order chi connectivity index (χ0) is 14.5. The molecule has 0 amide bonds. The van der Waals surface area contributed by atoms with E-state index in [0.717, 1.165) is 28.3 Å². The molecule has 0 aliphatic rings. The molecule has 20 heavy (non-hydrogen) atoms. The molecule has 0 radical (unpaired) electrons. The number of carboxylic acid groups (broad SMARTS) is 1. The van der Waals surface area contributed by atoms with Crippen molar-refractivity contribution in [3.63, 3.8) is 0 Å². The van der Waals surface area contributed by atoms with Gasteiger partial charge in [-0.1, -0.05) is 12.1 Å². The van der Waals surface area contributed by atoms with E-state index in [4.69, 9.17) is 5.11 Å². The van der Waals surface area contributed by atoms with Crippen molar-refractivity contribution in [1.82, 2.24) is 0 Å². The Morgan fingerprint density at radius 2 is 2.10 bits per heavy atom. The first-order chi connectivity index (χ1) is 9.54. The molecule has 0 saturated heterocycles. The van der Waals surface area contributed by atoms with Crippen LogP contribution in [0.1, 0.15) is 10.4 Å². The maximum Gasteiger partial charge on any atom is 0.328 e. The number of nitrogens with zero attached hydrogens (tertiary/aromatic N) is 1. The number of hydrogen-bond acceptors (Lipinski definition) is 3. The Morgan fingerprint density at radius 1 is 1.40 bits per heavy atom. The van der Waals surface area contributed by atoms with Crippen LogP contribution in [0.3, 0.4) is 0 Å². The smallest absolute Gasteiger partial charge is 0.328 e. The highest BCUT2D eigenvalue weighted by Crippen LogP contribution is 2.23. The van der Waals surface area contributed by atoms with E-state index in [1.165, 1.54) is 4.88 Å². The van der Waals surface area contributed by atoms with Crippen LogP contribution in [0.2, 0.25) is 0 Å². The number of aliphatic carboxylic acids is 1. The molecule has 1 aromatic heterocycles. The summed E-state index contributed by atoms with van der Waals surface area (Å²) in [7, 11) is 2.04. The Balaban J connectivity index is 2.03. The molecule has 3 nitrogen and oxygen atoms in total. The van der Waals surface area contributed by atoms with Crippen molar-refractivity contribution in [3.05, 3.63) is 56.7 Å². The van der Waals surface area contributed by atoms with Gasteiger partial charge in [-0.25, -0.2) is 4.79 Å². The average molecular weight is 352 g/mol. The lowest BCUT2D eigenvalue weighted by Gasteiger charge is -2.18. The van der Waals surface area contributed by atoms with E-state index >= 15 is 0 Å². The lowest BCUT2D eigenvalue weighted by Crippen LogP contribution is -2.15. The van der Waals surface area contributed by atoms with Crippen molar-refractivity contribution in [2.24, 2.45) is 0 Å². The Bertz CT molecular complexity index is 619. The molecule has 0 spiro atoms. The molecule has 2 aromatic rings. The topological polar surface area (TPSA) is 40.5 Å². The van der Waals surface area contributed by atoms with Crippen LogP contribution in [0, 0.1) is 0 Å². The minimum Gasteiger partial charge on any atom is -0.478 e. The molecule has 5 heteroatoms. The first-order valence-corrected chi connectivity index (χ1v) is 7.67. The third-order valence-electron chi connectivity index (χ3n) is 2.77. The number of carbonyl (C=O) groups is 1. The Morgan fingerprint density at radius 3 is 2.65 bits per heavy atom. The number of hydrogen-bond donors (Lipinski definition) is 1. The van der Waals surface area contributed by atoms with Crippen LogP contribution in [-0.2, 0) is 11.3 Å². The fraction of sp³-hybridized carbons (Fsp3) is 0.133. The van der Waals surface area contributed by atoms with Crippen molar-refractivity contribution in [2.45, 2.75) is 6.54 Å². The first kappa shape index (κ1) is 14.8. The maximum absolute atomic E-state index is 10.5. The molecule has 104 valence electrons. The fourth-order valence-electron chi connectivity index (χ4n) is 1.77. The quantitative estimate of drug-likeness (QED) is 0.818. The summed E-state index contributed by atoms with van der Waals surface area (Å²) in [5.41, 5.74) is 1.98. The molecule has 0 atom stereocenters. The van der Waals surface area contributed by atoms with Crippen LogP contribution < -0.4 is 4.90 Å². The second-order valence-electron chi connectivity index (χ2n) is 4.35. The molecule has 0 bridgehead atoms. The highest BCUT2D eigenvalue weighted by Gasteiger charge is 2.04. The number of carboxylic acids is 1. The maximum atomic E-state index is 10.5. The standard InChI is InChI=1S/C15H14BrNO2S/c1-17(9-14-8-12(16)10-20-14)13-5-2-11(3-6-13)4-7-15(18)19/h2-8,10H,9H2,1H3,(H,18,19). The molecule has 0 aliphatic heterocycles. The van der Waals surface area contributed by atoms with Crippen LogP contribution in [-0.4, -0.2) is 18.1 Å². The van der Waals surface area contributed by atoms with E-state index in [1.807, 2.05) is 31.3 Å². The zero-order valence-corrected chi connectivity index (χ0v) is 13.3. The van der Waals surface area contributed by atoms with Crippen molar-refractivity contribution in [1.29, 1.82) is 0 Å². The van der Waals surface area contributed by atoms with Crippen LogP contribution >= 0.6 is 27.3 Å². The van der Waals surface area contributed by atoms with Gasteiger partial charge >= 0.3 is 5.97 Å². The number of benzene rings is 1. The summed E-state index contributed by atoms with van der Waals surface area (Å²) in [5, 5.41) is 10.7. The van der Waals surface area contributed by atoms with Gasteiger partial charge < -0.3 is 10.0 Å². The number of halogens is 1. The van der Waals surface area contributed by atoms with Crippen molar-refractivity contribution in [2.75, 3.05) is 11.9 Å². The lowest BCUT2D eigenvalue weighted by atomic mass is 10.2. The Kier molecular flexibility index (Phi) is 4.98. The monoisotopic (exact) mass is 351 g/mol. The minimum atomic E-state index is -0.936. The summed E-state index contributed by atoms with van der Waals surface area (Å²) in [4.78, 5) is 13.9. The molecule has 1 N–H and O–H groups in total. The van der Waals surface area contributed by atoms with Crippen molar-refractivity contribution in [3.8, 4) is 0 Å².